The minimum atomic E-state index is -0.273. The standard InChI is InChI=1S/C16H21N5OS/c1-2-13-19-20-14(23-13)11-18-16(22)15(21-8-3-4-9-21)12-6-5-7-17-10-12/h5-7,10,15H,2-4,8-9,11H2,1H3,(H,18,22)/t15-/m0/s1. The molecule has 2 aromatic heterocycles. The first kappa shape index (κ1) is 16.0. The van der Waals surface area contributed by atoms with Gasteiger partial charge in [0.15, 0.2) is 0 Å². The minimum Gasteiger partial charge on any atom is -0.348 e. The number of likely N-dealkylation sites (tertiary alicyclic amines) is 1. The lowest BCUT2D eigenvalue weighted by atomic mass is 10.1. The molecular weight excluding hydrogens is 310 g/mol. The van der Waals surface area contributed by atoms with Crippen LogP contribution in [0.5, 0.6) is 0 Å². The van der Waals surface area contributed by atoms with Crippen LogP contribution in [0.4, 0.5) is 0 Å². The van der Waals surface area contributed by atoms with E-state index in [1.807, 2.05) is 12.1 Å². The Bertz CT molecular complexity index is 639. The van der Waals surface area contributed by atoms with Gasteiger partial charge < -0.3 is 5.32 Å². The van der Waals surface area contributed by atoms with Crippen LogP contribution < -0.4 is 5.32 Å². The maximum absolute atomic E-state index is 12.8. The van der Waals surface area contributed by atoms with Crippen molar-refractivity contribution in [2.75, 3.05) is 13.1 Å². The van der Waals surface area contributed by atoms with E-state index in [4.69, 9.17) is 0 Å². The number of aryl methyl sites for hydroxylation is 1. The first-order chi connectivity index (χ1) is 11.3. The zero-order valence-corrected chi connectivity index (χ0v) is 14.1. The molecule has 0 saturated carbocycles. The predicted octanol–water partition coefficient (Wildman–Crippen LogP) is 1.95. The molecule has 7 heteroatoms. The number of hydrogen-bond acceptors (Lipinski definition) is 6. The normalized spacial score (nSPS) is 16.4. The molecule has 122 valence electrons. The largest absolute Gasteiger partial charge is 0.348 e. The van der Waals surface area contributed by atoms with Crippen molar-refractivity contribution >= 4 is 17.2 Å². The summed E-state index contributed by atoms with van der Waals surface area (Å²) in [5.41, 5.74) is 0.943. The maximum Gasteiger partial charge on any atom is 0.242 e. The molecule has 1 atom stereocenters. The van der Waals surface area contributed by atoms with Crippen LogP contribution in [0.1, 0.15) is 41.4 Å². The highest BCUT2D eigenvalue weighted by atomic mass is 32.1. The van der Waals surface area contributed by atoms with Gasteiger partial charge in [-0.3, -0.25) is 14.7 Å². The number of nitrogens with zero attached hydrogens (tertiary/aromatic N) is 4. The van der Waals surface area contributed by atoms with Gasteiger partial charge in [0.05, 0.1) is 6.54 Å². The van der Waals surface area contributed by atoms with E-state index >= 15 is 0 Å². The van der Waals surface area contributed by atoms with Crippen LogP contribution >= 0.6 is 11.3 Å². The Balaban J connectivity index is 1.69. The van der Waals surface area contributed by atoms with Crippen LogP contribution in [-0.4, -0.2) is 39.1 Å². The van der Waals surface area contributed by atoms with Crippen molar-refractivity contribution in [3.05, 3.63) is 40.1 Å². The van der Waals surface area contributed by atoms with Crippen molar-refractivity contribution in [2.45, 2.75) is 38.8 Å². The molecule has 0 bridgehead atoms. The quantitative estimate of drug-likeness (QED) is 0.876. The van der Waals surface area contributed by atoms with Gasteiger partial charge >= 0.3 is 0 Å². The van der Waals surface area contributed by atoms with Gasteiger partial charge in [-0.15, -0.1) is 10.2 Å². The molecule has 1 fully saturated rings. The average molecular weight is 331 g/mol. The van der Waals surface area contributed by atoms with Crippen molar-refractivity contribution in [3.8, 4) is 0 Å². The summed E-state index contributed by atoms with van der Waals surface area (Å²) in [6.45, 7) is 4.38. The smallest absolute Gasteiger partial charge is 0.242 e. The fraction of sp³-hybridized carbons (Fsp3) is 0.500. The van der Waals surface area contributed by atoms with E-state index in [0.717, 1.165) is 47.9 Å². The van der Waals surface area contributed by atoms with Gasteiger partial charge in [-0.25, -0.2) is 0 Å². The predicted molar refractivity (Wildman–Crippen MR) is 88.9 cm³/mol. The SMILES string of the molecule is CCc1nnc(CNC(=O)[C@H](c2cccnc2)N2CCCC2)s1. The molecule has 2 aromatic rings. The lowest BCUT2D eigenvalue weighted by Crippen LogP contribution is -2.39. The molecule has 0 aliphatic carbocycles. The minimum absolute atomic E-state index is 0.00754. The Morgan fingerprint density at radius 3 is 2.78 bits per heavy atom. The summed E-state index contributed by atoms with van der Waals surface area (Å²) in [5.74, 6) is 0.00754. The van der Waals surface area contributed by atoms with Crippen molar-refractivity contribution in [1.82, 2.24) is 25.4 Å². The van der Waals surface area contributed by atoms with Gasteiger partial charge in [0.1, 0.15) is 16.1 Å². The molecule has 1 N–H and O–H groups in total. The van der Waals surface area contributed by atoms with E-state index in [1.54, 1.807) is 23.7 Å². The first-order valence-corrected chi connectivity index (χ1v) is 8.82. The highest BCUT2D eigenvalue weighted by Crippen LogP contribution is 2.25. The summed E-state index contributed by atoms with van der Waals surface area (Å²) in [6.07, 6.45) is 6.66. The van der Waals surface area contributed by atoms with E-state index in [2.05, 4.69) is 32.3 Å². The topological polar surface area (TPSA) is 71.0 Å². The van der Waals surface area contributed by atoms with E-state index < -0.39 is 0 Å². The second-order valence-electron chi connectivity index (χ2n) is 5.59. The Morgan fingerprint density at radius 2 is 2.13 bits per heavy atom. The van der Waals surface area contributed by atoms with Gasteiger partial charge in [-0.2, -0.15) is 0 Å². The van der Waals surface area contributed by atoms with E-state index in [9.17, 15) is 4.79 Å². The van der Waals surface area contributed by atoms with Crippen LogP contribution in [0, 0.1) is 0 Å². The number of amides is 1. The van der Waals surface area contributed by atoms with Gasteiger partial charge in [0, 0.05) is 12.4 Å². The van der Waals surface area contributed by atoms with Crippen LogP contribution in [0.3, 0.4) is 0 Å². The Labute approximate surface area is 140 Å². The molecule has 3 rings (SSSR count). The number of rotatable bonds is 6. The average Bonchev–Trinajstić information content (AvgIpc) is 3.26. The number of carbonyl (C=O) groups excluding carboxylic acids is 1. The molecule has 1 aliphatic heterocycles. The van der Waals surface area contributed by atoms with Crippen molar-refractivity contribution in [2.24, 2.45) is 0 Å². The van der Waals surface area contributed by atoms with Crippen LogP contribution in [-0.2, 0) is 17.8 Å². The Kier molecular flexibility index (Phi) is 5.30. The molecule has 1 aliphatic rings. The summed E-state index contributed by atoms with van der Waals surface area (Å²) in [6, 6.07) is 3.57. The highest BCUT2D eigenvalue weighted by Gasteiger charge is 2.29. The number of pyridine rings is 1. The van der Waals surface area contributed by atoms with Crippen molar-refractivity contribution in [3.63, 3.8) is 0 Å². The first-order valence-electron chi connectivity index (χ1n) is 8.01. The van der Waals surface area contributed by atoms with E-state index in [0.29, 0.717) is 6.54 Å². The van der Waals surface area contributed by atoms with Crippen LogP contribution in [0.25, 0.3) is 0 Å². The molecule has 6 nitrogen and oxygen atoms in total. The molecule has 1 amide bonds. The number of hydrogen-bond donors (Lipinski definition) is 1. The lowest BCUT2D eigenvalue weighted by Gasteiger charge is -2.26. The molecule has 1 saturated heterocycles. The van der Waals surface area contributed by atoms with Crippen LogP contribution in [0.15, 0.2) is 24.5 Å². The zero-order chi connectivity index (χ0) is 16.1. The van der Waals surface area contributed by atoms with Gasteiger partial charge in [0.2, 0.25) is 5.91 Å². The van der Waals surface area contributed by atoms with Crippen molar-refractivity contribution in [1.29, 1.82) is 0 Å². The molecule has 0 radical (unpaired) electrons. The number of nitrogens with one attached hydrogen (secondary N) is 1. The van der Waals surface area contributed by atoms with Crippen LogP contribution in [0.2, 0.25) is 0 Å². The fourth-order valence-electron chi connectivity index (χ4n) is 2.83. The molecular formula is C16H21N5OS. The third-order valence-corrected chi connectivity index (χ3v) is 5.05. The zero-order valence-electron chi connectivity index (χ0n) is 13.2. The molecule has 0 aromatic carbocycles. The summed E-state index contributed by atoms with van der Waals surface area (Å²) in [5, 5.41) is 13.1. The molecule has 0 spiro atoms. The third-order valence-electron chi connectivity index (χ3n) is 3.98. The number of aromatic nitrogens is 3. The highest BCUT2D eigenvalue weighted by molar-refractivity contribution is 7.11. The number of carbonyl (C=O) groups is 1. The summed E-state index contributed by atoms with van der Waals surface area (Å²) >= 11 is 1.55. The monoisotopic (exact) mass is 331 g/mol. The van der Waals surface area contributed by atoms with Gasteiger partial charge in [0.25, 0.3) is 0 Å². The van der Waals surface area contributed by atoms with E-state index in [1.165, 1.54) is 0 Å². The summed E-state index contributed by atoms with van der Waals surface area (Å²) in [7, 11) is 0. The third kappa shape index (κ3) is 3.92. The lowest BCUT2D eigenvalue weighted by molar-refractivity contribution is -0.126. The van der Waals surface area contributed by atoms with Gasteiger partial charge in [-0.05, 0) is 44.0 Å². The maximum atomic E-state index is 12.8. The summed E-state index contributed by atoms with van der Waals surface area (Å²) < 4.78 is 0. The fourth-order valence-corrected chi connectivity index (χ4v) is 3.55. The second-order valence-corrected chi connectivity index (χ2v) is 6.74. The summed E-state index contributed by atoms with van der Waals surface area (Å²) in [4.78, 5) is 19.1. The Hall–Kier alpha value is -1.86. The van der Waals surface area contributed by atoms with E-state index in [-0.39, 0.29) is 11.9 Å². The Morgan fingerprint density at radius 1 is 1.35 bits per heavy atom. The second kappa shape index (κ2) is 7.61. The van der Waals surface area contributed by atoms with Gasteiger partial charge in [-0.1, -0.05) is 24.3 Å². The molecule has 3 heterocycles. The van der Waals surface area contributed by atoms with Crippen molar-refractivity contribution < 1.29 is 4.79 Å². The molecule has 23 heavy (non-hydrogen) atoms. The molecule has 0 unspecified atom stereocenters.